The Kier molecular flexibility index (Phi) is 19.7. The number of carbonyl (C=O) groups is 4. The number of primary sulfonamides is 1. The number of nitrogens with two attached hydrogens (primary N) is 1. The van der Waals surface area contributed by atoms with Gasteiger partial charge in [-0.3, -0.25) is 4.79 Å². The number of aromatic nitrogens is 8. The highest BCUT2D eigenvalue weighted by Crippen LogP contribution is 2.94. The fourth-order valence-electron chi connectivity index (χ4n) is 16.0. The molecule has 6 aliphatic carbocycles. The number of carbonyl (C=O) groups excluding carboxylic acids is 3. The molecule has 14 rings (SSSR count). The molecule has 2 atom stereocenters. The summed E-state index contributed by atoms with van der Waals surface area (Å²) in [5.74, 6) is 0.692. The summed E-state index contributed by atoms with van der Waals surface area (Å²) in [5.41, 5.74) is -0.913. The van der Waals surface area contributed by atoms with E-state index in [0.29, 0.717) is 61.3 Å². The van der Waals surface area contributed by atoms with Crippen LogP contribution in [0.25, 0.3) is 11.6 Å². The fourth-order valence-corrected chi connectivity index (χ4v) is 17.9. The number of aromatic carboxylic acids is 1. The van der Waals surface area contributed by atoms with Gasteiger partial charge >= 0.3 is 18.2 Å². The zero-order valence-electron chi connectivity index (χ0n) is 65.0. The van der Waals surface area contributed by atoms with Crippen LogP contribution in [0, 0.1) is 45.3 Å². The molecule has 3 amide bonds. The molecule has 2 saturated heterocycles. The molecular formula is C74H98Cl2N14O13S2. The predicted molar refractivity (Wildman–Crippen MR) is 394 cm³/mol. The number of halogens is 2. The van der Waals surface area contributed by atoms with Gasteiger partial charge in [0.2, 0.25) is 11.8 Å². The minimum atomic E-state index is -4.37. The molecule has 8 heterocycles. The van der Waals surface area contributed by atoms with Gasteiger partial charge in [0.15, 0.2) is 21.7 Å². The van der Waals surface area contributed by atoms with E-state index in [0.717, 1.165) is 89.9 Å². The summed E-state index contributed by atoms with van der Waals surface area (Å²) in [4.78, 5) is 69.4. The number of hydrogen-bond donors (Lipinski definition) is 5. The molecule has 27 nitrogen and oxygen atoms in total. The molecule has 0 aromatic carbocycles. The van der Waals surface area contributed by atoms with Gasteiger partial charge < -0.3 is 44.5 Å². The second-order valence-corrected chi connectivity index (χ2v) is 36.1. The molecule has 0 unspecified atom stereocenters. The van der Waals surface area contributed by atoms with Crippen molar-refractivity contribution in [2.75, 3.05) is 50.0 Å². The third-order valence-electron chi connectivity index (χ3n) is 21.5. The van der Waals surface area contributed by atoms with Gasteiger partial charge in [-0.05, 0) is 266 Å². The second-order valence-electron chi connectivity index (χ2n) is 32.3. The predicted octanol–water partition coefficient (Wildman–Crippen LogP) is 13.2. The van der Waals surface area contributed by atoms with Crippen molar-refractivity contribution in [3.63, 3.8) is 0 Å². The number of carboxylic acid groups (broad SMARTS) is 1. The van der Waals surface area contributed by atoms with Gasteiger partial charge in [0.1, 0.15) is 33.1 Å². The molecule has 4 spiro atoms. The van der Waals surface area contributed by atoms with E-state index in [9.17, 15) is 36.0 Å². The van der Waals surface area contributed by atoms with Crippen molar-refractivity contribution in [2.24, 2.45) is 50.5 Å². The van der Waals surface area contributed by atoms with Crippen molar-refractivity contribution in [1.29, 1.82) is 0 Å². The highest BCUT2D eigenvalue weighted by molar-refractivity contribution is 7.90. The van der Waals surface area contributed by atoms with Crippen LogP contribution in [0.5, 0.6) is 11.8 Å². The number of rotatable bonds is 25. The van der Waals surface area contributed by atoms with E-state index in [2.05, 4.69) is 54.6 Å². The summed E-state index contributed by atoms with van der Waals surface area (Å²) in [6, 6.07) is 18.0. The molecule has 6 N–H and O–H groups in total. The van der Waals surface area contributed by atoms with Crippen LogP contribution in [0.4, 0.5) is 21.2 Å². The number of hydrogen-bond acceptors (Lipinski definition) is 20. The lowest BCUT2D eigenvalue weighted by atomic mass is 9.93. The third kappa shape index (κ3) is 17.4. The molecule has 6 saturated carbocycles. The van der Waals surface area contributed by atoms with Crippen LogP contribution in [-0.4, -0.2) is 157 Å². The third-order valence-corrected chi connectivity index (χ3v) is 24.1. The summed E-state index contributed by atoms with van der Waals surface area (Å²) in [6.07, 6.45) is 14.1. The van der Waals surface area contributed by atoms with E-state index in [1.807, 2.05) is 65.0 Å². The number of sulfonamides is 2. The lowest BCUT2D eigenvalue weighted by molar-refractivity contribution is 0.0118. The molecule has 0 bridgehead atoms. The molecule has 8 aliphatic rings. The van der Waals surface area contributed by atoms with Crippen LogP contribution < -0.4 is 30.0 Å². The minimum Gasteiger partial charge on any atom is -0.478 e. The Balaban J connectivity index is 0.000000169. The Morgan fingerprint density at radius 1 is 0.590 bits per heavy atom. The molecule has 2 aliphatic heterocycles. The molecule has 8 fully saturated rings. The summed E-state index contributed by atoms with van der Waals surface area (Å²) >= 11 is 12.2. The zero-order chi connectivity index (χ0) is 79.1. The molecule has 6 aromatic rings. The molecule has 6 aromatic heterocycles. The van der Waals surface area contributed by atoms with Gasteiger partial charge in [0, 0.05) is 67.3 Å². The van der Waals surface area contributed by atoms with E-state index in [4.69, 9.17) is 57.9 Å². The van der Waals surface area contributed by atoms with Gasteiger partial charge in [-0.25, -0.2) is 62.0 Å². The van der Waals surface area contributed by atoms with E-state index < -0.39 is 55.9 Å². The Morgan fingerprint density at radius 3 is 1.37 bits per heavy atom. The Bertz CT molecular complexity index is 4650. The van der Waals surface area contributed by atoms with E-state index in [-0.39, 0.29) is 113 Å². The van der Waals surface area contributed by atoms with Gasteiger partial charge in [-0.15, -0.1) is 10.2 Å². The lowest BCUT2D eigenvalue weighted by Gasteiger charge is -2.33. The quantitative estimate of drug-likeness (QED) is 0.0262. The van der Waals surface area contributed by atoms with Crippen LogP contribution >= 0.6 is 23.2 Å². The number of fused-ring (bicyclic) bond motifs is 2. The summed E-state index contributed by atoms with van der Waals surface area (Å²) in [5, 5.41) is 28.1. The SMILES string of the molecule is CC(C)(C)OC(=O)N1C[C@@H](CCCNc2cccc(S(N)(=O)=O)n2)CC1(C)C.[2H]C([2H])(COc1ccn(-c2ccc(C(=O)NS(=O)(=O)c3cccc(NCCC[C@@H]4CN(C(=O)OC(C)(C)C)C(C)(C)C4)n3)c(Cl)n2)n1)C1C2(CC2)C12CC2.[2H]C([2H])(COc1ccn(-c2ccc(C(=O)O)c(Cl)n2)n1)C1C2(CC2)C12CC2. The van der Waals surface area contributed by atoms with Crippen LogP contribution in [0.3, 0.4) is 0 Å². The maximum absolute atomic E-state index is 13.2. The van der Waals surface area contributed by atoms with E-state index in [1.165, 1.54) is 51.8 Å². The van der Waals surface area contributed by atoms with Crippen LogP contribution in [0.2, 0.25) is 10.3 Å². The number of ether oxygens (including phenoxy) is 4. The lowest BCUT2D eigenvalue weighted by Crippen LogP contribution is -2.45. The van der Waals surface area contributed by atoms with Crippen LogP contribution in [0.15, 0.2) is 95.2 Å². The van der Waals surface area contributed by atoms with Gasteiger partial charge in [-0.2, -0.15) is 8.42 Å². The first-order valence-corrected chi connectivity index (χ1v) is 39.6. The maximum Gasteiger partial charge on any atom is 0.410 e. The monoisotopic (exact) mass is 1530 g/mol. The standard InChI is InChI=1S/C37H48ClN7O6S.C19H32N4O4S.C18H18ClN3O3/c1-34(2,3)51-33(47)44-23-24(22-35(44,4)5)8-7-19-39-27-9-6-10-30(40-27)52(48,49)43-32(46)25-11-12-28(41-31(25)38)45-20-13-29(42-45)50-21-14-26-36(15-16-36)37(26)17-18-37;1-18(2,3)27-17(24)23-13-14(12-19(23,4)5)8-7-11-21-15-9-6-10-16(22-15)28(20,25)26;19-15-11(16(23)24)1-2-13(20-15)22-9-3-14(21-22)25-10-4-12-17(5-6-17)18(12)7-8-18/h6,9-13,20,24,26H,7-8,14-19,21-23H2,1-5H3,(H,39,40)(H,43,46);6,9-10,14H,7-8,11-13H2,1-5H3,(H,21,22)(H2,20,25,26);1-3,9,12H,4-8,10H2,(H,23,24)/t24-;14-;/m00./s1/i14D2;;4D2. The first-order valence-electron chi connectivity index (χ1n) is 37.8. The summed E-state index contributed by atoms with van der Waals surface area (Å²) in [7, 11) is -8.18. The van der Waals surface area contributed by atoms with Crippen LogP contribution in [0.1, 0.15) is 198 Å². The highest BCUT2D eigenvalue weighted by atomic mass is 35.5. The average molecular weight is 1530 g/mol. The Labute approximate surface area is 629 Å². The number of likely N-dealkylation sites (tertiary alicyclic amines) is 2. The highest BCUT2D eigenvalue weighted by Gasteiger charge is 2.86. The van der Waals surface area contributed by atoms with Crippen molar-refractivity contribution in [3.8, 4) is 23.4 Å². The van der Waals surface area contributed by atoms with Crippen LogP contribution in [-0.2, 0) is 29.5 Å². The van der Waals surface area contributed by atoms with Crippen molar-refractivity contribution in [2.45, 2.75) is 204 Å². The van der Waals surface area contributed by atoms with Crippen molar-refractivity contribution < 1.29 is 65.6 Å². The number of anilines is 2. The number of amides is 3. The summed E-state index contributed by atoms with van der Waals surface area (Å²) < 4.78 is 111. The van der Waals surface area contributed by atoms with Crippen molar-refractivity contribution >= 4 is 78.9 Å². The normalized spacial score (nSPS) is 21.5. The Hall–Kier alpha value is -7.86. The van der Waals surface area contributed by atoms with E-state index in [1.54, 1.807) is 47.6 Å². The zero-order valence-corrected chi connectivity index (χ0v) is 64.1. The number of pyridine rings is 4. The first-order chi connectivity index (χ1) is 50.8. The van der Waals surface area contributed by atoms with Crippen molar-refractivity contribution in [1.82, 2.24) is 54.0 Å². The molecule has 0 radical (unpaired) electrons. The van der Waals surface area contributed by atoms with Gasteiger partial charge in [0.25, 0.3) is 26.0 Å². The average Bonchev–Trinajstić information content (AvgIpc) is 1.44. The Morgan fingerprint density at radius 2 is 0.990 bits per heavy atom. The number of nitrogens with one attached hydrogen (secondary N) is 3. The second kappa shape index (κ2) is 29.0. The van der Waals surface area contributed by atoms with Gasteiger partial charge in [-0.1, -0.05) is 35.3 Å². The minimum absolute atomic E-state index is 0.0235. The maximum atomic E-state index is 13.2. The smallest absolute Gasteiger partial charge is 0.410 e. The molecular weight excluding hydrogens is 1430 g/mol. The first kappa shape index (κ1) is 71.4. The summed E-state index contributed by atoms with van der Waals surface area (Å²) in [6.45, 7) is 21.8. The van der Waals surface area contributed by atoms with Crippen molar-refractivity contribution in [3.05, 3.63) is 107 Å². The topological polar surface area (TPSA) is 349 Å². The van der Waals surface area contributed by atoms with E-state index >= 15 is 0 Å². The number of carboxylic acids is 1. The molecule has 568 valence electrons. The largest absolute Gasteiger partial charge is 0.478 e. The fraction of sp³-hybridized carbons (Fsp3) is 0.595. The molecule has 31 heteroatoms. The van der Waals surface area contributed by atoms with Gasteiger partial charge in [0.05, 0.1) is 24.3 Å². The molecule has 105 heavy (non-hydrogen) atoms. The number of nitrogens with zero attached hydrogens (tertiary/aromatic N) is 10.